The van der Waals surface area contributed by atoms with Gasteiger partial charge in [0.2, 0.25) is 0 Å². The number of benzene rings is 2. The third-order valence-electron chi connectivity index (χ3n) is 3.94. The number of hydrogen-bond acceptors (Lipinski definition) is 7. The average Bonchev–Trinajstić information content (AvgIpc) is 2.72. The SMILES string of the molecule is CSc1nc(-c2ccc(OCc3ccc(F)cc3)c([N+](=O)[O-])c2)c(C#N)c(=O)[nH]1. The predicted molar refractivity (Wildman–Crippen MR) is 104 cm³/mol. The summed E-state index contributed by atoms with van der Waals surface area (Å²) in [5.74, 6) is -0.399. The minimum Gasteiger partial charge on any atom is -0.482 e. The third-order valence-corrected chi connectivity index (χ3v) is 4.52. The van der Waals surface area contributed by atoms with E-state index in [-0.39, 0.29) is 40.0 Å². The molecule has 0 radical (unpaired) electrons. The fourth-order valence-electron chi connectivity index (χ4n) is 2.53. The number of nitriles is 1. The van der Waals surface area contributed by atoms with Crippen LogP contribution in [0.3, 0.4) is 0 Å². The second kappa shape index (κ2) is 8.53. The topological polar surface area (TPSA) is 122 Å². The molecule has 1 aromatic heterocycles. The van der Waals surface area contributed by atoms with Crippen molar-refractivity contribution in [2.75, 3.05) is 6.26 Å². The number of nitrogens with one attached hydrogen (secondary N) is 1. The first-order valence-electron chi connectivity index (χ1n) is 8.17. The van der Waals surface area contributed by atoms with Gasteiger partial charge in [0.05, 0.1) is 10.6 Å². The number of ether oxygens (including phenoxy) is 1. The third kappa shape index (κ3) is 4.41. The van der Waals surface area contributed by atoms with Gasteiger partial charge in [-0.15, -0.1) is 0 Å². The molecule has 2 aromatic carbocycles. The average molecular weight is 412 g/mol. The number of thioether (sulfide) groups is 1. The quantitative estimate of drug-likeness (QED) is 0.284. The number of aromatic nitrogens is 2. The van der Waals surface area contributed by atoms with E-state index in [1.54, 1.807) is 12.3 Å². The zero-order chi connectivity index (χ0) is 21.0. The molecule has 29 heavy (non-hydrogen) atoms. The molecule has 1 heterocycles. The fourth-order valence-corrected chi connectivity index (χ4v) is 2.91. The van der Waals surface area contributed by atoms with Crippen molar-refractivity contribution in [2.24, 2.45) is 0 Å². The van der Waals surface area contributed by atoms with E-state index in [9.17, 15) is 24.6 Å². The van der Waals surface area contributed by atoms with Crippen LogP contribution in [-0.2, 0) is 6.61 Å². The van der Waals surface area contributed by atoms with Gasteiger partial charge in [-0.05, 0) is 36.1 Å². The maximum absolute atomic E-state index is 13.0. The highest BCUT2D eigenvalue weighted by molar-refractivity contribution is 7.98. The molecule has 0 saturated heterocycles. The van der Waals surface area contributed by atoms with Crippen LogP contribution in [0.1, 0.15) is 11.1 Å². The van der Waals surface area contributed by atoms with Gasteiger partial charge in [-0.2, -0.15) is 5.26 Å². The van der Waals surface area contributed by atoms with Crippen LogP contribution in [0.4, 0.5) is 10.1 Å². The van der Waals surface area contributed by atoms with Gasteiger partial charge in [0.15, 0.2) is 10.9 Å². The Morgan fingerprint density at radius 2 is 2.03 bits per heavy atom. The van der Waals surface area contributed by atoms with Crippen molar-refractivity contribution in [1.29, 1.82) is 5.26 Å². The van der Waals surface area contributed by atoms with Gasteiger partial charge in [0.1, 0.15) is 24.1 Å². The zero-order valence-electron chi connectivity index (χ0n) is 15.0. The van der Waals surface area contributed by atoms with Crippen LogP contribution < -0.4 is 10.3 Å². The zero-order valence-corrected chi connectivity index (χ0v) is 15.8. The van der Waals surface area contributed by atoms with Crippen LogP contribution in [0, 0.1) is 27.3 Å². The summed E-state index contributed by atoms with van der Waals surface area (Å²) in [7, 11) is 0. The van der Waals surface area contributed by atoms with Gasteiger partial charge in [-0.3, -0.25) is 14.9 Å². The highest BCUT2D eigenvalue weighted by Gasteiger charge is 2.20. The Labute approximate surface area is 168 Å². The highest BCUT2D eigenvalue weighted by atomic mass is 32.2. The van der Waals surface area contributed by atoms with Gasteiger partial charge in [-0.25, -0.2) is 9.37 Å². The minimum absolute atomic E-state index is 0.00323. The summed E-state index contributed by atoms with van der Waals surface area (Å²) in [5.41, 5.74) is -0.283. The minimum atomic E-state index is -0.627. The van der Waals surface area contributed by atoms with Crippen LogP contribution in [0.15, 0.2) is 52.4 Å². The van der Waals surface area contributed by atoms with Gasteiger partial charge in [-0.1, -0.05) is 23.9 Å². The smallest absolute Gasteiger partial charge is 0.311 e. The molecule has 0 unspecified atom stereocenters. The number of hydrogen-bond donors (Lipinski definition) is 1. The predicted octanol–water partition coefficient (Wildman–Crippen LogP) is 3.66. The van der Waals surface area contributed by atoms with E-state index in [0.29, 0.717) is 5.56 Å². The Morgan fingerprint density at radius 3 is 2.66 bits per heavy atom. The van der Waals surface area contributed by atoms with Crippen molar-refractivity contribution in [3.63, 3.8) is 0 Å². The van der Waals surface area contributed by atoms with Crippen molar-refractivity contribution in [3.8, 4) is 23.1 Å². The number of nitro benzene ring substituents is 1. The van der Waals surface area contributed by atoms with Crippen LogP contribution in [0.25, 0.3) is 11.3 Å². The van der Waals surface area contributed by atoms with Crippen molar-refractivity contribution in [2.45, 2.75) is 11.8 Å². The van der Waals surface area contributed by atoms with E-state index in [1.807, 2.05) is 0 Å². The Bertz CT molecular complexity index is 1170. The summed E-state index contributed by atoms with van der Waals surface area (Å²) in [6.07, 6.45) is 1.70. The van der Waals surface area contributed by atoms with E-state index in [0.717, 1.165) is 0 Å². The second-order valence-corrected chi connectivity index (χ2v) is 6.56. The monoisotopic (exact) mass is 412 g/mol. The standard InChI is InChI=1S/C19H13FN4O4S/c1-29-19-22-17(14(9-21)18(25)23-19)12-4-7-16(15(8-12)24(26)27)28-10-11-2-5-13(20)6-3-11/h2-8H,10H2,1H3,(H,22,23,25). The lowest BCUT2D eigenvalue weighted by Crippen LogP contribution is -2.14. The van der Waals surface area contributed by atoms with Crippen molar-refractivity contribution >= 4 is 17.4 Å². The molecule has 0 aliphatic rings. The molecule has 0 amide bonds. The molecule has 0 atom stereocenters. The lowest BCUT2D eigenvalue weighted by molar-refractivity contribution is -0.385. The molecule has 3 aromatic rings. The van der Waals surface area contributed by atoms with Crippen LogP contribution >= 0.6 is 11.8 Å². The molecule has 0 bridgehead atoms. The van der Waals surface area contributed by atoms with Crippen molar-refractivity contribution in [3.05, 3.63) is 79.9 Å². The normalized spacial score (nSPS) is 10.4. The number of nitro groups is 1. The first kappa shape index (κ1) is 20.0. The molecule has 0 fully saturated rings. The first-order valence-corrected chi connectivity index (χ1v) is 9.40. The molecule has 0 saturated carbocycles. The van der Waals surface area contributed by atoms with Crippen LogP contribution in [-0.4, -0.2) is 21.1 Å². The number of aromatic amines is 1. The highest BCUT2D eigenvalue weighted by Crippen LogP contribution is 2.33. The maximum atomic E-state index is 13.0. The molecule has 3 rings (SSSR count). The van der Waals surface area contributed by atoms with Gasteiger partial charge in [0.25, 0.3) is 5.56 Å². The Balaban J connectivity index is 2.00. The molecule has 8 nitrogen and oxygen atoms in total. The number of nitrogens with zero attached hydrogens (tertiary/aromatic N) is 3. The summed E-state index contributed by atoms with van der Waals surface area (Å²) in [6.45, 7) is 0.00376. The Morgan fingerprint density at radius 1 is 1.31 bits per heavy atom. The largest absolute Gasteiger partial charge is 0.482 e. The van der Waals surface area contributed by atoms with E-state index in [1.165, 1.54) is 54.2 Å². The molecular formula is C19H13FN4O4S. The summed E-state index contributed by atoms with van der Waals surface area (Å²) in [4.78, 5) is 29.7. The summed E-state index contributed by atoms with van der Waals surface area (Å²) in [6, 6.07) is 11.4. The molecule has 0 aliphatic carbocycles. The molecule has 0 aliphatic heterocycles. The van der Waals surface area contributed by atoms with Gasteiger partial charge in [0, 0.05) is 11.6 Å². The van der Waals surface area contributed by atoms with Gasteiger partial charge >= 0.3 is 5.69 Å². The van der Waals surface area contributed by atoms with Crippen molar-refractivity contribution in [1.82, 2.24) is 9.97 Å². The first-order chi connectivity index (χ1) is 13.9. The molecule has 10 heteroatoms. The Kier molecular flexibility index (Phi) is 5.90. The maximum Gasteiger partial charge on any atom is 0.311 e. The second-order valence-electron chi connectivity index (χ2n) is 5.77. The molecule has 146 valence electrons. The number of H-pyrrole nitrogens is 1. The number of halogens is 1. The molecular weight excluding hydrogens is 399 g/mol. The summed E-state index contributed by atoms with van der Waals surface area (Å²) in [5, 5.41) is 21.1. The van der Waals surface area contributed by atoms with Crippen LogP contribution in [0.5, 0.6) is 5.75 Å². The van der Waals surface area contributed by atoms with E-state index < -0.39 is 16.3 Å². The molecule has 0 spiro atoms. The lowest BCUT2D eigenvalue weighted by atomic mass is 10.1. The summed E-state index contributed by atoms with van der Waals surface area (Å²) < 4.78 is 18.5. The van der Waals surface area contributed by atoms with Crippen molar-refractivity contribution < 1.29 is 14.1 Å². The molecule has 1 N–H and O–H groups in total. The van der Waals surface area contributed by atoms with Gasteiger partial charge < -0.3 is 9.72 Å². The van der Waals surface area contributed by atoms with E-state index in [2.05, 4.69) is 9.97 Å². The Hall–Kier alpha value is -3.71. The van der Waals surface area contributed by atoms with E-state index in [4.69, 9.17) is 4.74 Å². The van der Waals surface area contributed by atoms with E-state index >= 15 is 0 Å². The summed E-state index contributed by atoms with van der Waals surface area (Å²) >= 11 is 1.17. The number of rotatable bonds is 6. The van der Waals surface area contributed by atoms with Crippen LogP contribution in [0.2, 0.25) is 0 Å². The fraction of sp³-hybridized carbons (Fsp3) is 0.105. The lowest BCUT2D eigenvalue weighted by Gasteiger charge is -2.09.